The zero-order valence-corrected chi connectivity index (χ0v) is 6.14. The fourth-order valence-electron chi connectivity index (χ4n) is 0.124. The van der Waals surface area contributed by atoms with E-state index in [1.165, 1.54) is 0 Å². The summed E-state index contributed by atoms with van der Waals surface area (Å²) < 4.78 is 1.82. The summed E-state index contributed by atoms with van der Waals surface area (Å²) >= 11 is 2.06. The van der Waals surface area contributed by atoms with Gasteiger partial charge >= 0.3 is 0 Å². The van der Waals surface area contributed by atoms with E-state index in [0.29, 0.717) is 0 Å². The maximum absolute atomic E-state index is 9.36. The molecule has 0 heterocycles. The van der Waals surface area contributed by atoms with Crippen LogP contribution in [0.25, 0.3) is 0 Å². The highest BCUT2D eigenvalue weighted by Crippen LogP contribution is 1.96. The Balaban J connectivity index is 3.17. The van der Waals surface area contributed by atoms with Crippen LogP contribution in [-0.4, -0.2) is 6.61 Å². The molecule has 41 valence electrons. The molecule has 0 bridgehead atoms. The van der Waals surface area contributed by atoms with Crippen LogP contribution in [0, 0.1) is 0 Å². The van der Waals surface area contributed by atoms with Gasteiger partial charge in [0.15, 0.2) is 0 Å². The molecule has 0 N–H and O–H groups in total. The lowest BCUT2D eigenvalue weighted by atomic mass is 10.4. The monoisotopic (exact) mass is 213 g/mol. The Morgan fingerprint density at radius 2 is 2.57 bits per heavy atom. The van der Waals surface area contributed by atoms with Crippen molar-refractivity contribution in [3.8, 4) is 0 Å². The van der Waals surface area contributed by atoms with Crippen LogP contribution in [0.15, 0.2) is 9.66 Å². The maximum atomic E-state index is 9.36. The highest BCUT2D eigenvalue weighted by atomic mass is 127. The Morgan fingerprint density at radius 3 is 2.71 bits per heavy atom. The zero-order valence-electron chi connectivity index (χ0n) is 3.98. The predicted octanol–water partition coefficient (Wildman–Crippen LogP) is 1.69. The van der Waals surface area contributed by atoms with Crippen molar-refractivity contribution in [2.45, 2.75) is 6.92 Å². The molecular formula is C4H6IO2. The summed E-state index contributed by atoms with van der Waals surface area (Å²) in [6, 6.07) is 0. The molecule has 0 spiro atoms. The van der Waals surface area contributed by atoms with E-state index in [1.54, 1.807) is 0 Å². The van der Waals surface area contributed by atoms with Crippen LogP contribution in [0.3, 0.4) is 0 Å². The van der Waals surface area contributed by atoms with Gasteiger partial charge in [0.2, 0.25) is 0 Å². The Labute approximate surface area is 56.2 Å². The van der Waals surface area contributed by atoms with Crippen LogP contribution in [0.2, 0.25) is 0 Å². The van der Waals surface area contributed by atoms with Crippen molar-refractivity contribution in [3.05, 3.63) is 9.66 Å². The van der Waals surface area contributed by atoms with Gasteiger partial charge in [0, 0.05) is 0 Å². The molecule has 0 aromatic heterocycles. The minimum absolute atomic E-state index is 0.197. The molecule has 1 radical (unpaired) electrons. The van der Waals surface area contributed by atoms with Crippen molar-refractivity contribution < 1.29 is 10.1 Å². The van der Waals surface area contributed by atoms with Crippen LogP contribution in [0.5, 0.6) is 0 Å². The molecule has 0 fully saturated rings. The minimum atomic E-state index is 0.197. The quantitative estimate of drug-likeness (QED) is 0.389. The number of hydrogen-bond donors (Lipinski definition) is 0. The second kappa shape index (κ2) is 4.55. The van der Waals surface area contributed by atoms with Crippen LogP contribution >= 0.6 is 22.6 Å². The van der Waals surface area contributed by atoms with E-state index in [1.807, 2.05) is 11.0 Å². The lowest BCUT2D eigenvalue weighted by Gasteiger charge is -1.87. The van der Waals surface area contributed by atoms with Gasteiger partial charge < -0.3 is 0 Å². The normalized spacial score (nSPS) is 12.1. The topological polar surface area (TPSA) is 29.1 Å². The molecule has 2 nitrogen and oxygen atoms in total. The fourth-order valence-corrected chi connectivity index (χ4v) is 0.304. The van der Waals surface area contributed by atoms with Crippen molar-refractivity contribution in [1.82, 2.24) is 0 Å². The maximum Gasteiger partial charge on any atom is 0.107 e. The second-order valence-electron chi connectivity index (χ2n) is 1.22. The summed E-state index contributed by atoms with van der Waals surface area (Å²) in [6.45, 7) is 2.04. The van der Waals surface area contributed by atoms with Gasteiger partial charge in [0.25, 0.3) is 0 Å². The van der Waals surface area contributed by atoms with E-state index in [0.717, 1.165) is 5.57 Å². The molecule has 0 rings (SSSR count). The molecule has 0 amide bonds. The second-order valence-corrected chi connectivity index (χ2v) is 1.84. The lowest BCUT2D eigenvalue weighted by Crippen LogP contribution is -1.86. The number of rotatable bonds is 2. The molecule has 0 unspecified atom stereocenters. The van der Waals surface area contributed by atoms with Gasteiger partial charge in [-0.15, -0.1) is 0 Å². The molecule has 7 heavy (non-hydrogen) atoms. The van der Waals surface area contributed by atoms with E-state index in [9.17, 15) is 5.26 Å². The van der Waals surface area contributed by atoms with E-state index >= 15 is 0 Å². The van der Waals surface area contributed by atoms with E-state index in [4.69, 9.17) is 0 Å². The van der Waals surface area contributed by atoms with Crippen molar-refractivity contribution in [3.63, 3.8) is 0 Å². The Kier molecular flexibility index (Phi) is 4.80. The smallest absolute Gasteiger partial charge is 0.107 e. The predicted molar refractivity (Wildman–Crippen MR) is 34.4 cm³/mol. The largest absolute Gasteiger partial charge is 0.199 e. The molecule has 0 aliphatic heterocycles. The van der Waals surface area contributed by atoms with Gasteiger partial charge in [-0.05, 0) is 21.8 Å². The minimum Gasteiger partial charge on any atom is -0.199 e. The van der Waals surface area contributed by atoms with Gasteiger partial charge in [-0.1, -0.05) is 22.6 Å². The van der Waals surface area contributed by atoms with Crippen molar-refractivity contribution in [2.75, 3.05) is 6.61 Å². The first-order valence-electron chi connectivity index (χ1n) is 1.82. The van der Waals surface area contributed by atoms with Crippen LogP contribution < -0.4 is 0 Å². The first-order chi connectivity index (χ1) is 3.31. The first-order valence-corrected chi connectivity index (χ1v) is 3.06. The molecule has 3 heteroatoms. The summed E-state index contributed by atoms with van der Waals surface area (Å²) in [6.07, 6.45) is 0. The van der Waals surface area contributed by atoms with Gasteiger partial charge in [0.05, 0.1) is 0 Å². The van der Waals surface area contributed by atoms with Gasteiger partial charge in [-0.25, -0.2) is 0 Å². The highest BCUT2D eigenvalue weighted by Gasteiger charge is 1.83. The van der Waals surface area contributed by atoms with Crippen molar-refractivity contribution in [2.24, 2.45) is 0 Å². The molecule has 0 aromatic carbocycles. The first kappa shape index (κ1) is 7.39. The third kappa shape index (κ3) is 4.24. The van der Waals surface area contributed by atoms with E-state index in [-0.39, 0.29) is 6.61 Å². The average molecular weight is 213 g/mol. The highest BCUT2D eigenvalue weighted by molar-refractivity contribution is 14.1. The summed E-state index contributed by atoms with van der Waals surface area (Å²) in [5.74, 6) is 0. The van der Waals surface area contributed by atoms with E-state index in [2.05, 4.69) is 27.5 Å². The third-order valence-corrected chi connectivity index (χ3v) is 1.54. The SMILES string of the molecule is CC(=CI)CO[O]. The molecule has 0 aromatic rings. The molecule has 0 atom stereocenters. The lowest BCUT2D eigenvalue weighted by molar-refractivity contribution is -0.296. The standard InChI is InChI=1S/C4H6IO2/c1-4(2-5)3-7-6/h2H,3H2,1H3. The average Bonchev–Trinajstić information content (AvgIpc) is 1.68. The van der Waals surface area contributed by atoms with Crippen LogP contribution in [-0.2, 0) is 10.1 Å². The molecule has 0 saturated carbocycles. The van der Waals surface area contributed by atoms with Crippen LogP contribution in [0.4, 0.5) is 0 Å². The molecular weight excluding hydrogens is 207 g/mol. The Bertz CT molecular complexity index is 70.1. The number of halogens is 1. The van der Waals surface area contributed by atoms with Crippen molar-refractivity contribution >= 4 is 22.6 Å². The third-order valence-electron chi connectivity index (χ3n) is 0.473. The van der Waals surface area contributed by atoms with E-state index < -0.39 is 0 Å². The summed E-state index contributed by atoms with van der Waals surface area (Å²) in [5, 5.41) is 9.36. The zero-order chi connectivity index (χ0) is 5.70. The van der Waals surface area contributed by atoms with Crippen LogP contribution in [0.1, 0.15) is 6.92 Å². The van der Waals surface area contributed by atoms with Crippen molar-refractivity contribution in [1.29, 1.82) is 0 Å². The Hall–Kier alpha value is 0.390. The number of hydrogen-bond acceptors (Lipinski definition) is 1. The fraction of sp³-hybridized carbons (Fsp3) is 0.500. The molecule has 0 aliphatic carbocycles. The molecule has 0 aliphatic rings. The summed E-state index contributed by atoms with van der Waals surface area (Å²) in [5.41, 5.74) is 0.954. The Morgan fingerprint density at radius 1 is 2.00 bits per heavy atom. The molecule has 0 saturated heterocycles. The van der Waals surface area contributed by atoms with Gasteiger partial charge in [-0.3, -0.25) is 0 Å². The summed E-state index contributed by atoms with van der Waals surface area (Å²) in [7, 11) is 0. The summed E-state index contributed by atoms with van der Waals surface area (Å²) in [4.78, 5) is 3.57. The van der Waals surface area contributed by atoms with Gasteiger partial charge in [0.1, 0.15) is 6.61 Å². The van der Waals surface area contributed by atoms with Gasteiger partial charge in [-0.2, -0.15) is 4.89 Å².